The summed E-state index contributed by atoms with van der Waals surface area (Å²) in [5.41, 5.74) is 2.03. The fourth-order valence-electron chi connectivity index (χ4n) is 1.65. The maximum atomic E-state index is 11.8. The first-order valence-corrected chi connectivity index (χ1v) is 7.75. The molecule has 104 valence electrons. The molecule has 2 aromatic rings. The third-order valence-electron chi connectivity index (χ3n) is 2.75. The smallest absolute Gasteiger partial charge is 0.225 e. The Morgan fingerprint density at radius 2 is 1.75 bits per heavy atom. The lowest BCUT2D eigenvalue weighted by Gasteiger charge is -2.05. The summed E-state index contributed by atoms with van der Waals surface area (Å²) < 4.78 is 0. The van der Waals surface area contributed by atoms with Gasteiger partial charge in [0.1, 0.15) is 0 Å². The largest absolute Gasteiger partial charge is 0.326 e. The van der Waals surface area contributed by atoms with Crippen LogP contribution in [0.1, 0.15) is 12.0 Å². The molecule has 0 atom stereocenters. The highest BCUT2D eigenvalue weighted by atomic mass is 35.5. The van der Waals surface area contributed by atoms with E-state index in [1.165, 1.54) is 5.56 Å². The number of hydrogen-bond acceptors (Lipinski definition) is 2. The zero-order valence-electron chi connectivity index (χ0n) is 11.2. The average Bonchev–Trinajstić information content (AvgIpc) is 2.44. The van der Waals surface area contributed by atoms with E-state index in [-0.39, 0.29) is 5.91 Å². The van der Waals surface area contributed by atoms with Gasteiger partial charge in [0.15, 0.2) is 0 Å². The van der Waals surface area contributed by atoms with Crippen molar-refractivity contribution in [1.82, 2.24) is 0 Å². The molecule has 0 radical (unpaired) electrons. The molecule has 0 saturated carbocycles. The summed E-state index contributed by atoms with van der Waals surface area (Å²) in [4.78, 5) is 12.9. The molecular weight excluding hydrogens is 290 g/mol. The molecule has 0 aliphatic carbocycles. The van der Waals surface area contributed by atoms with Crippen LogP contribution in [0, 0.1) is 6.92 Å². The molecule has 2 aromatic carbocycles. The van der Waals surface area contributed by atoms with Crippen molar-refractivity contribution >= 4 is 35.0 Å². The predicted molar refractivity (Wildman–Crippen MR) is 86.6 cm³/mol. The molecule has 2 nitrogen and oxygen atoms in total. The number of benzene rings is 2. The highest BCUT2D eigenvalue weighted by Gasteiger charge is 2.03. The molecule has 0 spiro atoms. The third kappa shape index (κ3) is 4.91. The summed E-state index contributed by atoms with van der Waals surface area (Å²) in [6.45, 7) is 2.02. The van der Waals surface area contributed by atoms with Gasteiger partial charge in [-0.1, -0.05) is 29.3 Å². The summed E-state index contributed by atoms with van der Waals surface area (Å²) in [7, 11) is 0. The number of aryl methyl sites for hydroxylation is 1. The van der Waals surface area contributed by atoms with Crippen LogP contribution in [0.5, 0.6) is 0 Å². The van der Waals surface area contributed by atoms with Gasteiger partial charge in [-0.2, -0.15) is 0 Å². The van der Waals surface area contributed by atoms with Crippen LogP contribution in [-0.4, -0.2) is 11.7 Å². The van der Waals surface area contributed by atoms with E-state index < -0.39 is 0 Å². The maximum absolute atomic E-state index is 11.8. The van der Waals surface area contributed by atoms with Crippen molar-refractivity contribution in [3.05, 3.63) is 59.1 Å². The van der Waals surface area contributed by atoms with E-state index in [4.69, 9.17) is 11.6 Å². The topological polar surface area (TPSA) is 29.1 Å². The van der Waals surface area contributed by atoms with Gasteiger partial charge in [-0.15, -0.1) is 11.8 Å². The van der Waals surface area contributed by atoms with Crippen molar-refractivity contribution in [2.45, 2.75) is 18.2 Å². The number of anilines is 1. The van der Waals surface area contributed by atoms with Crippen molar-refractivity contribution in [3.63, 3.8) is 0 Å². The van der Waals surface area contributed by atoms with Crippen molar-refractivity contribution in [2.75, 3.05) is 11.1 Å². The number of nitrogens with one attached hydrogen (secondary N) is 1. The molecule has 20 heavy (non-hydrogen) atoms. The first-order chi connectivity index (χ1) is 9.63. The van der Waals surface area contributed by atoms with Crippen molar-refractivity contribution < 1.29 is 4.79 Å². The Labute approximate surface area is 128 Å². The zero-order valence-corrected chi connectivity index (χ0v) is 12.8. The van der Waals surface area contributed by atoms with Crippen LogP contribution in [0.4, 0.5) is 5.69 Å². The number of carbonyl (C=O) groups is 1. The van der Waals surface area contributed by atoms with Crippen LogP contribution in [0.25, 0.3) is 0 Å². The van der Waals surface area contributed by atoms with Crippen LogP contribution >= 0.6 is 23.4 Å². The summed E-state index contributed by atoms with van der Waals surface area (Å²) in [5.74, 6) is 0.787. The van der Waals surface area contributed by atoms with Crippen molar-refractivity contribution in [1.29, 1.82) is 0 Å². The van der Waals surface area contributed by atoms with E-state index in [9.17, 15) is 4.79 Å². The monoisotopic (exact) mass is 305 g/mol. The minimum Gasteiger partial charge on any atom is -0.326 e. The average molecular weight is 306 g/mol. The summed E-state index contributed by atoms with van der Waals surface area (Å²) >= 11 is 7.48. The quantitative estimate of drug-likeness (QED) is 0.806. The first kappa shape index (κ1) is 14.9. The van der Waals surface area contributed by atoms with E-state index >= 15 is 0 Å². The predicted octanol–water partition coefficient (Wildman–Crippen LogP) is 4.77. The molecule has 1 amide bonds. The second-order valence-electron chi connectivity index (χ2n) is 4.47. The highest BCUT2D eigenvalue weighted by molar-refractivity contribution is 7.99. The highest BCUT2D eigenvalue weighted by Crippen LogP contribution is 2.21. The number of amides is 1. The molecule has 0 aliphatic rings. The minimum atomic E-state index is 0.0373. The third-order valence-corrected chi connectivity index (χ3v) is 4.01. The van der Waals surface area contributed by atoms with Gasteiger partial charge in [0.25, 0.3) is 0 Å². The van der Waals surface area contributed by atoms with E-state index in [2.05, 4.69) is 5.32 Å². The van der Waals surface area contributed by atoms with E-state index in [0.717, 1.165) is 21.4 Å². The lowest BCUT2D eigenvalue weighted by molar-refractivity contribution is -0.115. The Morgan fingerprint density at radius 1 is 1.10 bits per heavy atom. The lowest BCUT2D eigenvalue weighted by Crippen LogP contribution is -2.12. The van der Waals surface area contributed by atoms with Crippen LogP contribution in [0.15, 0.2) is 53.4 Å². The molecule has 0 bridgehead atoms. The van der Waals surface area contributed by atoms with Gasteiger partial charge >= 0.3 is 0 Å². The molecule has 0 aromatic heterocycles. The molecule has 0 aliphatic heterocycles. The number of carbonyl (C=O) groups excluding carboxylic acids is 1. The molecule has 0 unspecified atom stereocenters. The van der Waals surface area contributed by atoms with Crippen LogP contribution in [-0.2, 0) is 4.79 Å². The summed E-state index contributed by atoms with van der Waals surface area (Å²) in [5, 5.41) is 3.62. The Hall–Kier alpha value is -1.45. The SMILES string of the molecule is Cc1ccc(NC(=O)CCSc2ccc(Cl)cc2)cc1. The standard InChI is InChI=1S/C16H16ClNOS/c1-12-2-6-14(7-3-12)18-16(19)10-11-20-15-8-4-13(17)5-9-15/h2-9H,10-11H2,1H3,(H,18,19). The normalized spacial score (nSPS) is 10.3. The Kier molecular flexibility index (Phi) is 5.50. The number of thioether (sulfide) groups is 1. The minimum absolute atomic E-state index is 0.0373. The fraction of sp³-hybridized carbons (Fsp3) is 0.188. The maximum Gasteiger partial charge on any atom is 0.225 e. The molecular formula is C16H16ClNOS. The number of halogens is 1. The first-order valence-electron chi connectivity index (χ1n) is 6.38. The summed E-state index contributed by atoms with van der Waals surface area (Å²) in [6, 6.07) is 15.4. The fourth-order valence-corrected chi connectivity index (χ4v) is 2.63. The zero-order chi connectivity index (χ0) is 14.4. The Bertz CT molecular complexity index is 566. The molecule has 0 saturated heterocycles. The lowest BCUT2D eigenvalue weighted by atomic mass is 10.2. The molecule has 0 fully saturated rings. The second-order valence-corrected chi connectivity index (χ2v) is 6.07. The second kappa shape index (κ2) is 7.36. The number of hydrogen-bond donors (Lipinski definition) is 1. The molecule has 2 rings (SSSR count). The van der Waals surface area contributed by atoms with E-state index in [1.807, 2.05) is 55.5 Å². The van der Waals surface area contributed by atoms with Gasteiger partial charge < -0.3 is 5.32 Å². The Morgan fingerprint density at radius 3 is 2.40 bits per heavy atom. The molecule has 0 heterocycles. The number of rotatable bonds is 5. The summed E-state index contributed by atoms with van der Waals surface area (Å²) in [6.07, 6.45) is 0.487. The van der Waals surface area contributed by atoms with Crippen LogP contribution in [0.3, 0.4) is 0 Å². The Balaban J connectivity index is 1.75. The van der Waals surface area contributed by atoms with Crippen molar-refractivity contribution in [3.8, 4) is 0 Å². The van der Waals surface area contributed by atoms with Gasteiger partial charge in [0, 0.05) is 27.8 Å². The van der Waals surface area contributed by atoms with Gasteiger partial charge in [-0.05, 0) is 43.3 Å². The van der Waals surface area contributed by atoms with Gasteiger partial charge in [0.2, 0.25) is 5.91 Å². The van der Waals surface area contributed by atoms with Crippen LogP contribution < -0.4 is 5.32 Å². The molecule has 1 N–H and O–H groups in total. The molecule has 4 heteroatoms. The van der Waals surface area contributed by atoms with Gasteiger partial charge in [0.05, 0.1) is 0 Å². The van der Waals surface area contributed by atoms with E-state index in [1.54, 1.807) is 11.8 Å². The van der Waals surface area contributed by atoms with Crippen LogP contribution in [0.2, 0.25) is 5.02 Å². The van der Waals surface area contributed by atoms with E-state index in [0.29, 0.717) is 6.42 Å². The van der Waals surface area contributed by atoms with Crippen molar-refractivity contribution in [2.24, 2.45) is 0 Å². The van der Waals surface area contributed by atoms with Gasteiger partial charge in [-0.3, -0.25) is 4.79 Å². The van der Waals surface area contributed by atoms with Gasteiger partial charge in [-0.25, -0.2) is 0 Å².